The average Bonchev–Trinajstić information content (AvgIpc) is 3.71. The van der Waals surface area contributed by atoms with Crippen molar-refractivity contribution in [3.05, 3.63) is 119 Å². The van der Waals surface area contributed by atoms with E-state index in [-0.39, 0.29) is 31.0 Å². The number of hydrogen-bond donors (Lipinski definition) is 2. The Morgan fingerprint density at radius 2 is 1.77 bits per heavy atom. The number of anilines is 1. The summed E-state index contributed by atoms with van der Waals surface area (Å²) in [6, 6.07) is 27.2. The van der Waals surface area contributed by atoms with Crippen LogP contribution in [0, 0.1) is 6.92 Å². The molecule has 7 rings (SSSR count). The van der Waals surface area contributed by atoms with Crippen LogP contribution in [0.1, 0.15) is 34.6 Å². The van der Waals surface area contributed by atoms with E-state index >= 15 is 0 Å². The van der Waals surface area contributed by atoms with Crippen LogP contribution < -0.4 is 14.8 Å². The number of aryl methyl sites for hydroxylation is 1. The molecule has 2 atom stereocenters. The topological polar surface area (TPSA) is 99.1 Å². The number of fused-ring (bicyclic) bond motifs is 2. The van der Waals surface area contributed by atoms with Crippen molar-refractivity contribution in [3.63, 3.8) is 0 Å². The van der Waals surface area contributed by atoms with Crippen LogP contribution in [0.5, 0.6) is 11.5 Å². The number of hydrogen-bond acceptors (Lipinski definition) is 8. The lowest BCUT2D eigenvalue weighted by molar-refractivity contribution is -0.147. The van der Waals surface area contributed by atoms with Gasteiger partial charge in [0.2, 0.25) is 13.1 Å². The number of carbonyl (C=O) groups excluding carboxylic acids is 1. The van der Waals surface area contributed by atoms with Gasteiger partial charge in [-0.25, -0.2) is 4.98 Å². The summed E-state index contributed by atoms with van der Waals surface area (Å²) in [5, 5.41) is 13.2. The van der Waals surface area contributed by atoms with E-state index in [0.717, 1.165) is 37.5 Å². The number of nitrogens with zero attached hydrogens (tertiary/aromatic N) is 1. The second kappa shape index (κ2) is 12.1. The molecule has 3 heterocycles. The van der Waals surface area contributed by atoms with E-state index in [2.05, 4.69) is 24.4 Å². The molecule has 4 aromatic carbocycles. The summed E-state index contributed by atoms with van der Waals surface area (Å²) in [4.78, 5) is 18.3. The van der Waals surface area contributed by atoms with Crippen LogP contribution in [0.4, 0.5) is 5.69 Å². The number of ether oxygens (including phenoxy) is 4. The van der Waals surface area contributed by atoms with E-state index < -0.39 is 6.29 Å². The molecule has 2 N–H and O–H groups in total. The Kier molecular flexibility index (Phi) is 7.74. The van der Waals surface area contributed by atoms with E-state index in [4.69, 9.17) is 23.9 Å². The van der Waals surface area contributed by atoms with E-state index in [1.165, 1.54) is 5.56 Å². The van der Waals surface area contributed by atoms with Crippen molar-refractivity contribution in [1.29, 1.82) is 0 Å². The van der Waals surface area contributed by atoms with E-state index in [0.29, 0.717) is 30.2 Å². The zero-order valence-electron chi connectivity index (χ0n) is 24.0. The summed E-state index contributed by atoms with van der Waals surface area (Å²) in [6.07, 6.45) is 1.70. The molecular weight excluding hydrogens is 576 g/mol. The summed E-state index contributed by atoms with van der Waals surface area (Å²) in [5.41, 5.74) is 6.55. The number of amides is 1. The fourth-order valence-corrected chi connectivity index (χ4v) is 6.34. The molecule has 2 aliphatic rings. The molecule has 0 saturated carbocycles. The molecule has 5 aromatic rings. The number of benzene rings is 4. The van der Waals surface area contributed by atoms with Crippen molar-refractivity contribution in [2.75, 3.05) is 12.1 Å². The minimum atomic E-state index is -0.654. The molecule has 1 amide bonds. The van der Waals surface area contributed by atoms with Gasteiger partial charge in [-0.2, -0.15) is 0 Å². The number of aliphatic hydroxyl groups excluding tert-OH is 1. The van der Waals surface area contributed by atoms with Crippen LogP contribution in [0.3, 0.4) is 0 Å². The van der Waals surface area contributed by atoms with Gasteiger partial charge >= 0.3 is 0 Å². The average molecular weight is 607 g/mol. The quantitative estimate of drug-likeness (QED) is 0.195. The Hall–Kier alpha value is -4.70. The van der Waals surface area contributed by atoms with Crippen LogP contribution >= 0.6 is 11.3 Å². The molecule has 8 nitrogen and oxygen atoms in total. The van der Waals surface area contributed by atoms with E-state index in [1.54, 1.807) is 11.3 Å². The Labute approximate surface area is 258 Å². The van der Waals surface area contributed by atoms with Crippen LogP contribution in [-0.2, 0) is 27.5 Å². The predicted octanol–water partition coefficient (Wildman–Crippen LogP) is 7.06. The highest BCUT2D eigenvalue weighted by atomic mass is 32.1. The second-order valence-corrected chi connectivity index (χ2v) is 11.9. The summed E-state index contributed by atoms with van der Waals surface area (Å²) in [5.74, 6) is 1.06. The maximum atomic E-state index is 13.5. The number of carbonyl (C=O) groups is 1. The first-order valence-corrected chi connectivity index (χ1v) is 15.2. The Balaban J connectivity index is 1.08. The summed E-state index contributed by atoms with van der Waals surface area (Å²) in [7, 11) is 0. The highest BCUT2D eigenvalue weighted by Gasteiger charge is 2.30. The summed E-state index contributed by atoms with van der Waals surface area (Å²) in [6.45, 7) is 2.54. The molecule has 9 heteroatoms. The summed E-state index contributed by atoms with van der Waals surface area (Å²) < 4.78 is 24.5. The maximum absolute atomic E-state index is 13.5. The van der Waals surface area contributed by atoms with E-state index in [9.17, 15) is 9.90 Å². The van der Waals surface area contributed by atoms with Gasteiger partial charge in [-0.15, -0.1) is 11.3 Å². The highest BCUT2D eigenvalue weighted by Crippen LogP contribution is 2.39. The normalized spacial score (nSPS) is 17.3. The number of aliphatic hydroxyl groups is 1. The van der Waals surface area contributed by atoms with Crippen LogP contribution in [-0.4, -0.2) is 29.1 Å². The lowest BCUT2D eigenvalue weighted by Gasteiger charge is -2.29. The Morgan fingerprint density at radius 3 is 2.59 bits per heavy atom. The van der Waals surface area contributed by atoms with Gasteiger partial charge in [-0.1, -0.05) is 36.4 Å². The van der Waals surface area contributed by atoms with E-state index in [1.807, 2.05) is 78.9 Å². The monoisotopic (exact) mass is 606 g/mol. The van der Waals surface area contributed by atoms with Crippen molar-refractivity contribution in [3.8, 4) is 22.1 Å². The molecule has 0 unspecified atom stereocenters. The SMILES string of the molecule is Cc1ccc2nc(-c3ccc(NC(=O)C4=C[C@@H](c5ccc6c(c5)OCO6)C[C@@H](OCc5ccc(CO)cc5)O4)cc3)sc2c1. The first-order chi connectivity index (χ1) is 21.5. The van der Waals surface area contributed by atoms with Crippen LogP contribution in [0.2, 0.25) is 0 Å². The number of rotatable bonds is 8. The van der Waals surface area contributed by atoms with Gasteiger partial charge in [0.15, 0.2) is 17.3 Å². The molecular formula is C35H30N2O6S. The molecule has 1 aromatic heterocycles. The van der Waals surface area contributed by atoms with Crippen molar-refractivity contribution >= 4 is 33.1 Å². The van der Waals surface area contributed by atoms with Crippen molar-refractivity contribution in [2.24, 2.45) is 0 Å². The molecule has 0 bridgehead atoms. The van der Waals surface area contributed by atoms with Gasteiger partial charge in [0.05, 0.1) is 23.4 Å². The first-order valence-electron chi connectivity index (χ1n) is 14.4. The number of thiazole rings is 1. The molecule has 222 valence electrons. The van der Waals surface area contributed by atoms with Crippen molar-refractivity contribution in [2.45, 2.75) is 38.8 Å². The van der Waals surface area contributed by atoms with Gasteiger partial charge in [0.25, 0.3) is 5.91 Å². The zero-order valence-corrected chi connectivity index (χ0v) is 24.8. The standard InChI is InChI=1S/C35H30N2O6S/c1-21-2-12-28-32(14-21)44-35(37-28)24-7-10-27(11-8-24)36-34(39)31-16-26(25-9-13-29-30(15-25)42-20-41-29)17-33(43-31)40-19-23-5-3-22(18-38)4-6-23/h2-16,26,33,38H,17-20H2,1H3,(H,36,39)/t26-,33+/m1/s1. The van der Waals surface area contributed by atoms with Gasteiger partial charge < -0.3 is 29.4 Å². The predicted molar refractivity (Wildman–Crippen MR) is 168 cm³/mol. The van der Waals surface area contributed by atoms with Crippen LogP contribution in [0.25, 0.3) is 20.8 Å². The van der Waals surface area contributed by atoms with Crippen LogP contribution in [0.15, 0.2) is 96.8 Å². The molecule has 44 heavy (non-hydrogen) atoms. The van der Waals surface area contributed by atoms with Gasteiger partial charge in [0, 0.05) is 23.6 Å². The summed E-state index contributed by atoms with van der Waals surface area (Å²) >= 11 is 1.65. The van der Waals surface area contributed by atoms with Gasteiger partial charge in [-0.3, -0.25) is 4.79 Å². The number of nitrogens with one attached hydrogen (secondary N) is 1. The molecule has 2 aliphatic heterocycles. The highest BCUT2D eigenvalue weighted by molar-refractivity contribution is 7.21. The molecule has 0 fully saturated rings. The molecule has 0 radical (unpaired) electrons. The van der Waals surface area contributed by atoms with Crippen molar-refractivity contribution < 1.29 is 28.8 Å². The Morgan fingerprint density at radius 1 is 0.977 bits per heavy atom. The largest absolute Gasteiger partial charge is 0.459 e. The van der Waals surface area contributed by atoms with Gasteiger partial charge in [-0.05, 0) is 83.8 Å². The minimum Gasteiger partial charge on any atom is -0.459 e. The number of aromatic nitrogens is 1. The zero-order chi connectivity index (χ0) is 30.0. The second-order valence-electron chi connectivity index (χ2n) is 10.8. The molecule has 0 spiro atoms. The fraction of sp³-hybridized carbons (Fsp3) is 0.200. The van der Waals surface area contributed by atoms with Gasteiger partial charge in [0.1, 0.15) is 5.01 Å². The third-order valence-corrected chi connectivity index (χ3v) is 8.75. The lowest BCUT2D eigenvalue weighted by atomic mass is 9.92. The fourth-order valence-electron chi connectivity index (χ4n) is 5.27. The third kappa shape index (κ3) is 6.03. The Bertz CT molecular complexity index is 1850. The first kappa shape index (κ1) is 28.1. The minimum absolute atomic E-state index is 0.0161. The smallest absolute Gasteiger partial charge is 0.290 e. The number of allylic oxidation sites excluding steroid dienone is 1. The molecule has 0 saturated heterocycles. The third-order valence-electron chi connectivity index (χ3n) is 7.68. The molecule has 0 aliphatic carbocycles. The van der Waals surface area contributed by atoms with Crippen molar-refractivity contribution in [1.82, 2.24) is 4.98 Å². The maximum Gasteiger partial charge on any atom is 0.290 e. The lowest BCUT2D eigenvalue weighted by Crippen LogP contribution is -2.29.